The van der Waals surface area contributed by atoms with Gasteiger partial charge in [0.2, 0.25) is 0 Å². The average Bonchev–Trinajstić information content (AvgIpc) is 3.32. The molecule has 10 N–H and O–H groups in total. The van der Waals surface area contributed by atoms with E-state index in [4.69, 9.17) is 22.9 Å². The van der Waals surface area contributed by atoms with E-state index >= 15 is 0 Å². The van der Waals surface area contributed by atoms with E-state index in [2.05, 4.69) is 147 Å². The van der Waals surface area contributed by atoms with Crippen LogP contribution in [-0.2, 0) is 14.4 Å². The maximum absolute atomic E-state index is 10.1. The summed E-state index contributed by atoms with van der Waals surface area (Å²) in [4.78, 5) is 40.3. The SMILES string of the molecule is C.CC.CC.CC.CC.CC.CCC.CI.CN.C[N-]C.Nc1ccccc1[N+](=O)[O-].Nc1ccccc1[N+](=O)[O-].Nc1ccccc1[N+](=O)[O-].Nc1ccccc1[N+](=O)[O-].[I][V]([I])[I].[I][V][I].[Rf]. The number of hydrogen-bond donors (Lipinski definition) is 5. The number of anilines is 4. The monoisotopic (exact) mass is 1980 g/mol. The Labute approximate surface area is 489 Å². The van der Waals surface area contributed by atoms with Gasteiger partial charge in [0.25, 0.3) is 22.7 Å². The molecule has 4 aromatic carbocycles. The summed E-state index contributed by atoms with van der Waals surface area (Å²) in [6.45, 7) is 24.2. The molecular formula is C42H80I6N10O8RfV2-. The number of halogens is 6. The molecule has 69 heavy (non-hydrogen) atoms. The van der Waals surface area contributed by atoms with Crippen molar-refractivity contribution in [1.82, 2.24) is 0 Å². The van der Waals surface area contributed by atoms with Gasteiger partial charge in [0, 0.05) is 24.3 Å². The smallest absolute Gasteiger partial charge is 0 e. The first-order valence-corrected chi connectivity index (χ1v) is 44.6. The second-order valence-corrected chi connectivity index (χ2v) is 55.8. The normalized spacial score (nSPS) is 7.19. The van der Waals surface area contributed by atoms with Crippen LogP contribution in [0.3, 0.4) is 0 Å². The number of para-hydroxylation sites is 8. The molecule has 0 unspecified atom stereocenters. The summed E-state index contributed by atoms with van der Waals surface area (Å²) in [6, 6.07) is 24.4. The Kier molecular flexibility index (Phi) is 129. The molecule has 18 nitrogen and oxygen atoms in total. The van der Waals surface area contributed by atoms with E-state index in [1.54, 1.807) is 62.6 Å². The molecule has 401 valence electrons. The van der Waals surface area contributed by atoms with Crippen LogP contribution >= 0.6 is 122 Å². The van der Waals surface area contributed by atoms with Gasteiger partial charge in [-0.15, -0.1) is 0 Å². The van der Waals surface area contributed by atoms with Crippen LogP contribution in [0.25, 0.3) is 5.32 Å². The zero-order valence-electron chi connectivity index (χ0n) is 42.2. The van der Waals surface area contributed by atoms with E-state index in [0.29, 0.717) is 9.47 Å². The Bertz CT molecular complexity index is 1420. The van der Waals surface area contributed by atoms with Gasteiger partial charge in [-0.25, -0.2) is 0 Å². The molecule has 0 aliphatic heterocycles. The molecule has 0 saturated heterocycles. The molecule has 0 amide bonds. The van der Waals surface area contributed by atoms with Crippen molar-refractivity contribution in [1.29, 1.82) is 0 Å². The van der Waals surface area contributed by atoms with Gasteiger partial charge < -0.3 is 34.0 Å². The molecule has 0 bridgehead atoms. The van der Waals surface area contributed by atoms with Crippen molar-refractivity contribution in [2.75, 3.05) is 49.0 Å². The van der Waals surface area contributed by atoms with Gasteiger partial charge in [-0.05, 0) is 36.2 Å². The van der Waals surface area contributed by atoms with Crippen molar-refractivity contribution in [3.63, 3.8) is 0 Å². The Morgan fingerprint density at radius 3 is 0.623 bits per heavy atom. The Morgan fingerprint density at radius 1 is 0.478 bits per heavy atom. The first-order chi connectivity index (χ1) is 31.8. The molecule has 4 rings (SSSR count). The minimum Gasteiger partial charge on any atom is 0 e. The Hall–Kier alpha value is -1.85. The summed E-state index contributed by atoms with van der Waals surface area (Å²) in [5.41, 5.74) is 26.3. The molecular weight excluding hydrogens is 1900 g/mol. The Balaban J connectivity index is -0.0000000468. The predicted molar refractivity (Wildman–Crippen MR) is 345 cm³/mol. The topological polar surface area (TPSA) is 317 Å². The molecule has 0 radical (unpaired) electrons. The van der Waals surface area contributed by atoms with E-state index in [0.717, 1.165) is 0 Å². The second-order valence-electron chi connectivity index (χ2n) is 8.67. The summed E-state index contributed by atoms with van der Waals surface area (Å²) in [5, 5.41) is 44.1. The number of rotatable bonds is 4. The van der Waals surface area contributed by atoms with Crippen LogP contribution in [0.2, 0.25) is 0 Å². The molecule has 0 atom stereocenters. The van der Waals surface area contributed by atoms with E-state index < -0.39 is 19.7 Å². The molecule has 0 fully saturated rings. The van der Waals surface area contributed by atoms with Gasteiger partial charge in [0.15, 0.2) is 0 Å². The van der Waals surface area contributed by atoms with Gasteiger partial charge in [-0.3, -0.25) is 40.5 Å². The number of nitro benzene ring substituents is 4. The zero-order chi connectivity index (χ0) is 55.9. The van der Waals surface area contributed by atoms with E-state index in [-0.39, 0.29) is 57.8 Å². The number of alkyl halides is 1. The van der Waals surface area contributed by atoms with E-state index in [1.165, 1.54) is 62.0 Å². The number of nitrogen functional groups attached to an aromatic ring is 4. The van der Waals surface area contributed by atoms with Crippen LogP contribution in [0.1, 0.15) is 96.9 Å². The van der Waals surface area contributed by atoms with Gasteiger partial charge in [-0.2, -0.15) is 14.1 Å². The van der Waals surface area contributed by atoms with Gasteiger partial charge in [0.1, 0.15) is 22.7 Å². The van der Waals surface area contributed by atoms with Crippen molar-refractivity contribution in [3.05, 3.63) is 143 Å². The van der Waals surface area contributed by atoms with Crippen LogP contribution < -0.4 is 28.7 Å². The molecule has 0 aliphatic carbocycles. The minimum absolute atomic E-state index is 0. The largest absolute Gasteiger partial charge is 0 e. The van der Waals surface area contributed by atoms with Crippen LogP contribution in [-0.4, -0.2) is 45.8 Å². The van der Waals surface area contributed by atoms with E-state index in [1.807, 2.05) is 74.2 Å². The van der Waals surface area contributed by atoms with Crippen LogP contribution in [0, 0.1) is 40.5 Å². The van der Waals surface area contributed by atoms with E-state index in [9.17, 15) is 40.5 Å². The fourth-order valence-corrected chi connectivity index (χ4v) is 2.62. The predicted octanol–water partition coefficient (Wildman–Crippen LogP) is 17.6. The number of nitro groups is 4. The minimum atomic E-state index is -0.505. The van der Waals surface area contributed by atoms with Crippen molar-refractivity contribution in [3.8, 4) is 0 Å². The summed E-state index contributed by atoms with van der Waals surface area (Å²) in [7, 11) is 5.63. The number of benzene rings is 4. The molecule has 4 aromatic rings. The van der Waals surface area contributed by atoms with Crippen molar-refractivity contribution in [2.45, 2.75) is 96.9 Å². The average molecular weight is 1980 g/mol. The van der Waals surface area contributed by atoms with Gasteiger partial charge in [0.05, 0.1) is 19.7 Å². The summed E-state index contributed by atoms with van der Waals surface area (Å²) >= 11 is 14.3. The molecule has 27 heteroatoms. The third-order valence-corrected chi connectivity index (χ3v) is 4.53. The molecule has 0 heterocycles. The van der Waals surface area contributed by atoms with Crippen LogP contribution in [0.4, 0.5) is 45.5 Å². The second kappa shape index (κ2) is 89.1. The number of nitrogens with two attached hydrogens (primary N) is 5. The van der Waals surface area contributed by atoms with Crippen LogP contribution in [0.5, 0.6) is 0 Å². The van der Waals surface area contributed by atoms with Crippen molar-refractivity contribution in [2.24, 2.45) is 5.73 Å². The third-order valence-electron chi connectivity index (χ3n) is 4.53. The van der Waals surface area contributed by atoms with Gasteiger partial charge >= 0.3 is 114 Å². The third kappa shape index (κ3) is 80.5. The zero-order valence-corrected chi connectivity index (χ0v) is 64.3. The first kappa shape index (κ1) is 100. The maximum atomic E-state index is 10.1. The van der Waals surface area contributed by atoms with Crippen molar-refractivity contribution < 1.29 is 34.1 Å². The molecule has 0 saturated carbocycles. The van der Waals surface area contributed by atoms with Gasteiger partial charge in [-0.1, -0.05) is 168 Å². The molecule has 0 aromatic heterocycles. The van der Waals surface area contributed by atoms with Crippen molar-refractivity contribution >= 4 is 168 Å². The first-order valence-electron chi connectivity index (χ1n) is 19.9. The fraction of sp³-hybridized carbons (Fsp3) is 0.429. The molecule has 0 spiro atoms. The van der Waals surface area contributed by atoms with Crippen LogP contribution in [0.15, 0.2) is 97.1 Å². The summed E-state index contributed by atoms with van der Waals surface area (Å²) in [6.07, 6.45) is 1.25. The Morgan fingerprint density at radius 2 is 0.565 bits per heavy atom. The molecule has 0 aliphatic rings. The maximum Gasteiger partial charge on any atom is 0 e. The number of hydrogen-bond acceptors (Lipinski definition) is 13. The summed E-state index contributed by atoms with van der Waals surface area (Å²) in [5.74, 6) is 0. The fourth-order valence-electron chi connectivity index (χ4n) is 2.62. The quantitative estimate of drug-likeness (QED) is 0.0418. The standard InChI is InChI=1S/4C6H6N2O2.C3H8.C2H6N.5C2H6.CH3I.CH5N.CH4.5HI.Rf.2V/c4*7-5-3-1-2-4-6(5)8(9)10;2*1-3-2;7*1-2;;;;;;;;;/h4*1-4H,7H2;3H2,1-2H3;1-2H3;5*1-2H3;1H3;2H2,1H3;1H4;5*1H;;;/q;;;;;-1;;;;;;;;;;;;;;;+2;+3/p-5. The number of nitrogens with zero attached hydrogens (tertiary/aromatic N) is 5. The summed E-state index contributed by atoms with van der Waals surface area (Å²) < 4.78 is 0.